The van der Waals surface area contributed by atoms with Crippen LogP contribution in [0.25, 0.3) is 11.3 Å². The Hall–Kier alpha value is -4.67. The lowest BCUT2D eigenvalue weighted by atomic mass is 10.1. The number of rotatable bonds is 9. The van der Waals surface area contributed by atoms with E-state index < -0.39 is 18.0 Å². The molecule has 43 heavy (non-hydrogen) atoms. The fourth-order valence-corrected chi connectivity index (χ4v) is 6.20. The van der Waals surface area contributed by atoms with Crippen molar-refractivity contribution in [3.05, 3.63) is 77.7 Å². The normalized spacial score (nSPS) is 16.8. The molecule has 0 bridgehead atoms. The lowest BCUT2D eigenvalue weighted by molar-refractivity contribution is -0.135. The highest BCUT2D eigenvalue weighted by molar-refractivity contribution is 5.98. The number of imidazole rings is 1. The van der Waals surface area contributed by atoms with Crippen molar-refractivity contribution in [2.45, 2.75) is 57.7 Å². The number of primary amides is 1. The van der Waals surface area contributed by atoms with Gasteiger partial charge in [-0.2, -0.15) is 0 Å². The van der Waals surface area contributed by atoms with Crippen LogP contribution in [-0.2, 0) is 22.4 Å². The Morgan fingerprint density at radius 2 is 1.63 bits per heavy atom. The molecule has 11 nitrogen and oxygen atoms in total. The third kappa shape index (κ3) is 6.40. The quantitative estimate of drug-likeness (QED) is 0.394. The van der Waals surface area contributed by atoms with Gasteiger partial charge in [-0.1, -0.05) is 54.6 Å². The van der Waals surface area contributed by atoms with Crippen molar-refractivity contribution in [1.82, 2.24) is 24.3 Å². The summed E-state index contributed by atoms with van der Waals surface area (Å²) in [6, 6.07) is 17.3. The number of amides is 4. The molecule has 0 spiro atoms. The second-order valence-corrected chi connectivity index (χ2v) is 11.5. The van der Waals surface area contributed by atoms with E-state index in [-0.39, 0.29) is 62.9 Å². The minimum atomic E-state index is -1.08. The summed E-state index contributed by atoms with van der Waals surface area (Å²) < 4.78 is 2.10. The van der Waals surface area contributed by atoms with Gasteiger partial charge in [-0.3, -0.25) is 14.4 Å². The fourth-order valence-electron chi connectivity index (χ4n) is 6.20. The number of nitrogens with zero attached hydrogens (tertiary/aromatic N) is 5. The van der Waals surface area contributed by atoms with Crippen LogP contribution in [0, 0.1) is 0 Å². The molecule has 3 aromatic rings. The molecule has 3 N–H and O–H groups in total. The van der Waals surface area contributed by atoms with E-state index in [0.717, 1.165) is 24.1 Å². The molecule has 0 unspecified atom stereocenters. The number of carbonyl (C=O) groups excluding carboxylic acids is 3. The van der Waals surface area contributed by atoms with Gasteiger partial charge in [0.15, 0.2) is 5.69 Å². The molecule has 1 aromatic heterocycles. The van der Waals surface area contributed by atoms with Gasteiger partial charge in [0.1, 0.15) is 0 Å². The van der Waals surface area contributed by atoms with Crippen molar-refractivity contribution >= 4 is 23.8 Å². The molecule has 0 radical (unpaired) electrons. The van der Waals surface area contributed by atoms with Gasteiger partial charge < -0.3 is 30.1 Å². The van der Waals surface area contributed by atoms with Crippen LogP contribution in [0.5, 0.6) is 0 Å². The molecule has 11 heteroatoms. The molecule has 2 heterocycles. The Bertz CT molecular complexity index is 1480. The number of hydrogen-bond donors (Lipinski definition) is 2. The molecule has 1 fully saturated rings. The third-order valence-electron chi connectivity index (χ3n) is 8.42. The molecule has 4 amide bonds. The SMILES string of the molecule is CC(C)N(C[C@@H]1CN(C(=O)O)CCN1C(=O)c1ncn(C2Cc3ccccc3C2)c1-c1ccccc1)C(=O)CCC(N)=O. The first-order valence-corrected chi connectivity index (χ1v) is 14.7. The van der Waals surface area contributed by atoms with E-state index in [4.69, 9.17) is 5.73 Å². The standard InChI is InChI=1S/C32H38N6O5/c1-21(2)37(28(40)13-12-27(33)39)19-26-18-35(32(42)43)14-15-36(26)31(41)29-30(22-8-4-3-5-9-22)38(20-34-29)25-16-23-10-6-7-11-24(23)17-25/h3-11,20-21,25-26H,12-19H2,1-2H3,(H2,33,39)(H,42,43)/t26-/m0/s1. The van der Waals surface area contributed by atoms with Crippen LogP contribution in [0.15, 0.2) is 60.9 Å². The van der Waals surface area contributed by atoms with Crippen molar-refractivity contribution in [2.75, 3.05) is 26.2 Å². The van der Waals surface area contributed by atoms with Gasteiger partial charge in [0.05, 0.1) is 18.1 Å². The van der Waals surface area contributed by atoms with Gasteiger partial charge in [0, 0.05) is 56.7 Å². The van der Waals surface area contributed by atoms with Gasteiger partial charge in [-0.15, -0.1) is 0 Å². The lowest BCUT2D eigenvalue weighted by Crippen LogP contribution is -2.60. The average Bonchev–Trinajstić information content (AvgIpc) is 3.63. The van der Waals surface area contributed by atoms with E-state index in [2.05, 4.69) is 21.7 Å². The van der Waals surface area contributed by atoms with Crippen LogP contribution in [0.3, 0.4) is 0 Å². The van der Waals surface area contributed by atoms with Crippen LogP contribution in [0.4, 0.5) is 4.79 Å². The lowest BCUT2D eigenvalue weighted by Gasteiger charge is -2.43. The van der Waals surface area contributed by atoms with Crippen LogP contribution in [0.2, 0.25) is 0 Å². The first-order valence-electron chi connectivity index (χ1n) is 14.7. The smallest absolute Gasteiger partial charge is 0.407 e. The zero-order chi connectivity index (χ0) is 30.7. The number of benzene rings is 2. The number of hydrogen-bond acceptors (Lipinski definition) is 5. The van der Waals surface area contributed by atoms with Crippen LogP contribution in [-0.4, -0.2) is 91.4 Å². The minimum absolute atomic E-state index is 0.0483. The van der Waals surface area contributed by atoms with E-state index in [0.29, 0.717) is 5.69 Å². The van der Waals surface area contributed by atoms with Crippen molar-refractivity contribution in [1.29, 1.82) is 0 Å². The molecular formula is C32H38N6O5. The number of piperazine rings is 1. The highest BCUT2D eigenvalue weighted by atomic mass is 16.4. The van der Waals surface area contributed by atoms with E-state index in [9.17, 15) is 24.3 Å². The summed E-state index contributed by atoms with van der Waals surface area (Å²) in [5, 5.41) is 9.76. The Kier molecular flexibility index (Phi) is 8.79. The van der Waals surface area contributed by atoms with E-state index in [1.54, 1.807) is 16.1 Å². The fraction of sp³-hybridized carbons (Fsp3) is 0.406. The number of fused-ring (bicyclic) bond motifs is 1. The summed E-state index contributed by atoms with van der Waals surface area (Å²) in [4.78, 5) is 59.9. The Balaban J connectivity index is 1.48. The Labute approximate surface area is 250 Å². The van der Waals surface area contributed by atoms with Crippen LogP contribution in [0.1, 0.15) is 54.3 Å². The largest absolute Gasteiger partial charge is 0.465 e. The van der Waals surface area contributed by atoms with Gasteiger partial charge >= 0.3 is 6.09 Å². The summed E-state index contributed by atoms with van der Waals surface area (Å²) in [6.45, 7) is 4.17. The highest BCUT2D eigenvalue weighted by Gasteiger charge is 2.38. The molecule has 0 saturated carbocycles. The molecule has 226 valence electrons. The van der Waals surface area contributed by atoms with Gasteiger partial charge in [-0.25, -0.2) is 9.78 Å². The maximum atomic E-state index is 14.4. The van der Waals surface area contributed by atoms with Crippen molar-refractivity contribution in [3.63, 3.8) is 0 Å². The van der Waals surface area contributed by atoms with Crippen LogP contribution < -0.4 is 5.73 Å². The maximum Gasteiger partial charge on any atom is 0.407 e. The second kappa shape index (κ2) is 12.7. The average molecular weight is 587 g/mol. The number of aromatic nitrogens is 2. The van der Waals surface area contributed by atoms with Crippen molar-refractivity contribution < 1.29 is 24.3 Å². The molecule has 1 atom stereocenters. The second-order valence-electron chi connectivity index (χ2n) is 11.5. The predicted molar refractivity (Wildman–Crippen MR) is 160 cm³/mol. The number of carboxylic acid groups (broad SMARTS) is 1. The van der Waals surface area contributed by atoms with E-state index in [1.165, 1.54) is 16.0 Å². The molecular weight excluding hydrogens is 548 g/mol. The maximum absolute atomic E-state index is 14.4. The summed E-state index contributed by atoms with van der Waals surface area (Å²) in [6.07, 6.45) is 2.18. The van der Waals surface area contributed by atoms with Crippen LogP contribution >= 0.6 is 0 Å². The van der Waals surface area contributed by atoms with Crippen molar-refractivity contribution in [2.24, 2.45) is 5.73 Å². The van der Waals surface area contributed by atoms with Gasteiger partial charge in [-0.05, 0) is 37.8 Å². The summed E-state index contributed by atoms with van der Waals surface area (Å²) in [7, 11) is 0. The van der Waals surface area contributed by atoms with E-state index in [1.807, 2.05) is 56.3 Å². The minimum Gasteiger partial charge on any atom is -0.465 e. The number of nitrogens with two attached hydrogens (primary N) is 1. The zero-order valence-electron chi connectivity index (χ0n) is 24.6. The van der Waals surface area contributed by atoms with E-state index >= 15 is 0 Å². The Morgan fingerprint density at radius 1 is 0.977 bits per heavy atom. The van der Waals surface area contributed by atoms with Gasteiger partial charge in [0.25, 0.3) is 5.91 Å². The zero-order valence-corrected chi connectivity index (χ0v) is 24.6. The summed E-state index contributed by atoms with van der Waals surface area (Å²) in [5.74, 6) is -1.15. The topological polar surface area (TPSA) is 142 Å². The molecule has 5 rings (SSSR count). The van der Waals surface area contributed by atoms with Gasteiger partial charge in [0.2, 0.25) is 11.8 Å². The molecule has 2 aliphatic rings. The first kappa shape index (κ1) is 29.8. The number of carbonyl (C=O) groups is 4. The summed E-state index contributed by atoms with van der Waals surface area (Å²) >= 11 is 0. The Morgan fingerprint density at radius 3 is 2.23 bits per heavy atom. The molecule has 2 aromatic carbocycles. The molecule has 1 aliphatic heterocycles. The summed E-state index contributed by atoms with van der Waals surface area (Å²) in [5.41, 5.74) is 9.73. The van der Waals surface area contributed by atoms with Crippen molar-refractivity contribution in [3.8, 4) is 11.3 Å². The highest BCUT2D eigenvalue weighted by Crippen LogP contribution is 2.35. The predicted octanol–water partition coefficient (Wildman–Crippen LogP) is 3.20. The third-order valence-corrected chi connectivity index (χ3v) is 8.42. The monoisotopic (exact) mass is 586 g/mol. The molecule has 1 saturated heterocycles. The first-order chi connectivity index (χ1) is 20.6. The molecule has 1 aliphatic carbocycles.